The number of hydrogen-bond acceptors (Lipinski definition) is 4. The molecule has 0 aliphatic heterocycles. The van der Waals surface area contributed by atoms with Crippen LogP contribution < -0.4 is 16.4 Å². The molecule has 1 aromatic heterocycles. The maximum absolute atomic E-state index is 11.8. The Morgan fingerprint density at radius 1 is 1.35 bits per heavy atom. The van der Waals surface area contributed by atoms with E-state index in [1.165, 1.54) is 13.8 Å². The summed E-state index contributed by atoms with van der Waals surface area (Å²) in [5.74, 6) is -0.462. The molecule has 0 atom stereocenters. The van der Waals surface area contributed by atoms with Crippen LogP contribution in [0.5, 0.6) is 0 Å². The van der Waals surface area contributed by atoms with E-state index < -0.39 is 17.4 Å². The highest BCUT2D eigenvalue weighted by Crippen LogP contribution is 2.06. The summed E-state index contributed by atoms with van der Waals surface area (Å²) in [5.41, 5.74) is 4.29. The number of anilines is 1. The summed E-state index contributed by atoms with van der Waals surface area (Å²) in [4.78, 5) is 27.0. The summed E-state index contributed by atoms with van der Waals surface area (Å²) in [7, 11) is 1.71. The van der Waals surface area contributed by atoms with Crippen LogP contribution in [-0.4, -0.2) is 29.4 Å². The number of pyridine rings is 1. The smallest absolute Gasteiger partial charge is 0.270 e. The fourth-order valence-corrected chi connectivity index (χ4v) is 1.11. The normalized spacial score (nSPS) is 10.8. The van der Waals surface area contributed by atoms with E-state index in [-0.39, 0.29) is 5.69 Å². The molecule has 0 aliphatic carbocycles. The van der Waals surface area contributed by atoms with Gasteiger partial charge < -0.3 is 16.4 Å². The molecule has 6 nitrogen and oxygen atoms in total. The Hall–Kier alpha value is -2.11. The predicted octanol–water partition coefficient (Wildman–Crippen LogP) is 0.117. The number of nitrogens with one attached hydrogen (secondary N) is 2. The lowest BCUT2D eigenvalue weighted by Crippen LogP contribution is -2.53. The molecule has 6 heteroatoms. The van der Waals surface area contributed by atoms with Gasteiger partial charge in [-0.25, -0.2) is 4.98 Å². The van der Waals surface area contributed by atoms with Crippen molar-refractivity contribution in [1.82, 2.24) is 10.3 Å². The van der Waals surface area contributed by atoms with Crippen LogP contribution in [0.15, 0.2) is 18.2 Å². The number of rotatable bonds is 4. The summed E-state index contributed by atoms with van der Waals surface area (Å²) in [6, 6.07) is 4.99. The largest absolute Gasteiger partial charge is 0.373 e. The molecule has 0 saturated carbocycles. The van der Waals surface area contributed by atoms with Crippen molar-refractivity contribution in [1.29, 1.82) is 0 Å². The summed E-state index contributed by atoms with van der Waals surface area (Å²) in [5, 5.41) is 5.34. The zero-order valence-electron chi connectivity index (χ0n) is 10.1. The molecule has 17 heavy (non-hydrogen) atoms. The third kappa shape index (κ3) is 3.17. The summed E-state index contributed by atoms with van der Waals surface area (Å²) in [6.45, 7) is 3.07. The van der Waals surface area contributed by atoms with Crippen LogP contribution >= 0.6 is 0 Å². The van der Waals surface area contributed by atoms with Crippen LogP contribution in [0.4, 0.5) is 5.82 Å². The van der Waals surface area contributed by atoms with Crippen molar-refractivity contribution in [3.8, 4) is 0 Å². The molecule has 0 aromatic carbocycles. The Morgan fingerprint density at radius 3 is 2.53 bits per heavy atom. The lowest BCUT2D eigenvalue weighted by Gasteiger charge is -2.21. The highest BCUT2D eigenvalue weighted by atomic mass is 16.2. The highest BCUT2D eigenvalue weighted by molar-refractivity contribution is 5.97. The highest BCUT2D eigenvalue weighted by Gasteiger charge is 2.27. The second-order valence-electron chi connectivity index (χ2n) is 4.10. The first-order chi connectivity index (χ1) is 7.86. The van der Waals surface area contributed by atoms with Gasteiger partial charge in [0.25, 0.3) is 5.91 Å². The van der Waals surface area contributed by atoms with Gasteiger partial charge >= 0.3 is 0 Å². The molecule has 0 fully saturated rings. The molecular formula is C11H16N4O2. The first kappa shape index (κ1) is 13.0. The average molecular weight is 236 g/mol. The second-order valence-corrected chi connectivity index (χ2v) is 4.10. The van der Waals surface area contributed by atoms with Gasteiger partial charge in [-0.15, -0.1) is 0 Å². The molecule has 0 radical (unpaired) electrons. The zero-order chi connectivity index (χ0) is 13.1. The summed E-state index contributed by atoms with van der Waals surface area (Å²) in [6.07, 6.45) is 0. The first-order valence-corrected chi connectivity index (χ1v) is 5.14. The molecule has 4 N–H and O–H groups in total. The van der Waals surface area contributed by atoms with E-state index in [1.54, 1.807) is 25.2 Å². The molecule has 0 bridgehead atoms. The van der Waals surface area contributed by atoms with Crippen molar-refractivity contribution in [3.63, 3.8) is 0 Å². The molecule has 0 unspecified atom stereocenters. The lowest BCUT2D eigenvalue weighted by molar-refractivity contribution is -0.122. The number of nitrogens with zero attached hydrogens (tertiary/aromatic N) is 1. The molecule has 0 aliphatic rings. The van der Waals surface area contributed by atoms with Crippen molar-refractivity contribution in [3.05, 3.63) is 23.9 Å². The monoisotopic (exact) mass is 236 g/mol. The Labute approximate surface area is 99.6 Å². The number of hydrogen-bond donors (Lipinski definition) is 3. The van der Waals surface area contributed by atoms with Gasteiger partial charge in [0.2, 0.25) is 5.91 Å². The summed E-state index contributed by atoms with van der Waals surface area (Å²) >= 11 is 0. The van der Waals surface area contributed by atoms with Crippen LogP contribution in [-0.2, 0) is 4.79 Å². The zero-order valence-corrected chi connectivity index (χ0v) is 10.1. The maximum Gasteiger partial charge on any atom is 0.270 e. The lowest BCUT2D eigenvalue weighted by atomic mass is 10.1. The van der Waals surface area contributed by atoms with Crippen molar-refractivity contribution >= 4 is 17.6 Å². The van der Waals surface area contributed by atoms with Gasteiger partial charge in [-0.3, -0.25) is 9.59 Å². The number of nitrogens with two attached hydrogens (primary N) is 1. The molecule has 0 saturated heterocycles. The van der Waals surface area contributed by atoms with Crippen molar-refractivity contribution in [2.45, 2.75) is 19.4 Å². The SMILES string of the molecule is CNc1cccc(C(=O)NC(C)(C)C(N)=O)n1. The Morgan fingerprint density at radius 2 is 2.00 bits per heavy atom. The fourth-order valence-electron chi connectivity index (χ4n) is 1.11. The number of aromatic nitrogens is 1. The van der Waals surface area contributed by atoms with Crippen LogP contribution in [0.25, 0.3) is 0 Å². The van der Waals surface area contributed by atoms with E-state index in [0.29, 0.717) is 5.82 Å². The number of primary amides is 1. The quantitative estimate of drug-likeness (QED) is 0.691. The van der Waals surface area contributed by atoms with E-state index in [9.17, 15) is 9.59 Å². The number of carbonyl (C=O) groups is 2. The second kappa shape index (κ2) is 4.82. The standard InChI is InChI=1S/C11H16N4O2/c1-11(2,10(12)17)15-9(16)7-5-4-6-8(13-3)14-7/h4-6H,1-3H3,(H2,12,17)(H,13,14)(H,15,16). The average Bonchev–Trinajstić information content (AvgIpc) is 2.28. The molecular weight excluding hydrogens is 220 g/mol. The van der Waals surface area contributed by atoms with Crippen molar-refractivity contribution in [2.75, 3.05) is 12.4 Å². The van der Waals surface area contributed by atoms with Crippen molar-refractivity contribution < 1.29 is 9.59 Å². The van der Waals surface area contributed by atoms with Crippen molar-refractivity contribution in [2.24, 2.45) is 5.73 Å². The van der Waals surface area contributed by atoms with E-state index >= 15 is 0 Å². The van der Waals surface area contributed by atoms with E-state index in [4.69, 9.17) is 5.73 Å². The Kier molecular flexibility index (Phi) is 3.67. The minimum Gasteiger partial charge on any atom is -0.373 e. The molecule has 0 spiro atoms. The molecule has 1 heterocycles. The van der Waals surface area contributed by atoms with Crippen LogP contribution in [0.2, 0.25) is 0 Å². The molecule has 2 amide bonds. The van der Waals surface area contributed by atoms with Gasteiger partial charge in [-0.2, -0.15) is 0 Å². The fraction of sp³-hybridized carbons (Fsp3) is 0.364. The summed E-state index contributed by atoms with van der Waals surface area (Å²) < 4.78 is 0. The first-order valence-electron chi connectivity index (χ1n) is 5.14. The van der Waals surface area contributed by atoms with Gasteiger partial charge in [0.05, 0.1) is 0 Å². The van der Waals surface area contributed by atoms with Gasteiger partial charge in [0.1, 0.15) is 17.1 Å². The van der Waals surface area contributed by atoms with E-state index in [1.807, 2.05) is 0 Å². The minimum absolute atomic E-state index is 0.228. The van der Waals surface area contributed by atoms with Gasteiger partial charge in [-0.1, -0.05) is 6.07 Å². The van der Waals surface area contributed by atoms with Crippen LogP contribution in [0.3, 0.4) is 0 Å². The predicted molar refractivity (Wildman–Crippen MR) is 64.5 cm³/mol. The van der Waals surface area contributed by atoms with E-state index in [0.717, 1.165) is 0 Å². The van der Waals surface area contributed by atoms with E-state index in [2.05, 4.69) is 15.6 Å². The Balaban J connectivity index is 2.86. The Bertz CT molecular complexity index is 443. The third-order valence-corrected chi connectivity index (χ3v) is 2.28. The van der Waals surface area contributed by atoms with Crippen LogP contribution in [0, 0.1) is 0 Å². The molecule has 92 valence electrons. The maximum atomic E-state index is 11.8. The number of amides is 2. The van der Waals surface area contributed by atoms with Gasteiger partial charge in [-0.05, 0) is 26.0 Å². The number of carbonyl (C=O) groups excluding carboxylic acids is 2. The van der Waals surface area contributed by atoms with Gasteiger partial charge in [0.15, 0.2) is 0 Å². The molecule has 1 aromatic rings. The topological polar surface area (TPSA) is 97.1 Å². The third-order valence-electron chi connectivity index (χ3n) is 2.28. The van der Waals surface area contributed by atoms with Crippen LogP contribution in [0.1, 0.15) is 24.3 Å². The van der Waals surface area contributed by atoms with Gasteiger partial charge in [0, 0.05) is 7.05 Å². The minimum atomic E-state index is -1.10. The molecule has 1 rings (SSSR count).